The van der Waals surface area contributed by atoms with E-state index in [2.05, 4.69) is 10.6 Å². The van der Waals surface area contributed by atoms with Gasteiger partial charge in [-0.15, -0.1) is 0 Å². The maximum absolute atomic E-state index is 12.6. The first-order valence-electron chi connectivity index (χ1n) is 7.83. The minimum atomic E-state index is -0.715. The number of carbonyl (C=O) groups excluding carboxylic acids is 2. The Morgan fingerprint density at radius 3 is 2.40 bits per heavy atom. The van der Waals surface area contributed by atoms with Crippen LogP contribution in [0.3, 0.4) is 0 Å². The zero-order valence-electron chi connectivity index (χ0n) is 14.5. The van der Waals surface area contributed by atoms with Crippen molar-refractivity contribution in [1.82, 2.24) is 0 Å². The molecule has 0 spiro atoms. The minimum absolute atomic E-state index is 0.0324. The molecule has 0 aromatic heterocycles. The highest BCUT2D eigenvalue weighted by Crippen LogP contribution is 2.23. The minimum Gasteiger partial charge on any atom is -0.375 e. The summed E-state index contributed by atoms with van der Waals surface area (Å²) < 4.78 is 10.1. The van der Waals surface area contributed by atoms with Crippen molar-refractivity contribution in [3.63, 3.8) is 0 Å². The molecule has 2 rings (SSSR count). The number of methoxy groups -OCH3 is 2. The van der Waals surface area contributed by atoms with Crippen LogP contribution < -0.4 is 10.6 Å². The average molecular weight is 342 g/mol. The lowest BCUT2D eigenvalue weighted by atomic mass is 10.1. The fourth-order valence-electron chi connectivity index (χ4n) is 2.38. The average Bonchev–Trinajstić information content (AvgIpc) is 2.59. The largest absolute Gasteiger partial charge is 0.375 e. The summed E-state index contributed by atoms with van der Waals surface area (Å²) in [5, 5.41) is 5.57. The Kier molecular flexibility index (Phi) is 6.68. The molecule has 1 atom stereocenters. The third kappa shape index (κ3) is 5.14. The third-order valence-corrected chi connectivity index (χ3v) is 3.63. The number of benzene rings is 2. The van der Waals surface area contributed by atoms with Gasteiger partial charge in [-0.1, -0.05) is 36.4 Å². The van der Waals surface area contributed by atoms with Crippen molar-refractivity contribution in [1.29, 1.82) is 0 Å². The zero-order valence-corrected chi connectivity index (χ0v) is 14.5. The maximum Gasteiger partial charge on any atom is 0.258 e. The molecule has 2 aromatic rings. The van der Waals surface area contributed by atoms with E-state index in [9.17, 15) is 9.59 Å². The van der Waals surface area contributed by atoms with E-state index in [1.165, 1.54) is 14.2 Å². The van der Waals surface area contributed by atoms with Crippen LogP contribution >= 0.6 is 0 Å². The lowest BCUT2D eigenvalue weighted by Gasteiger charge is -2.17. The van der Waals surface area contributed by atoms with Gasteiger partial charge in [-0.25, -0.2) is 0 Å². The first-order valence-corrected chi connectivity index (χ1v) is 7.83. The summed E-state index contributed by atoms with van der Waals surface area (Å²) in [7, 11) is 2.94. The van der Waals surface area contributed by atoms with E-state index in [0.717, 1.165) is 11.1 Å². The lowest BCUT2D eigenvalue weighted by Crippen LogP contribution is -2.23. The van der Waals surface area contributed by atoms with Crippen LogP contribution in [-0.4, -0.2) is 32.6 Å². The topological polar surface area (TPSA) is 76.7 Å². The number of ether oxygens (including phenoxy) is 2. The fraction of sp³-hybridized carbons (Fsp3) is 0.263. The fourth-order valence-corrected chi connectivity index (χ4v) is 2.38. The Labute approximate surface area is 147 Å². The molecule has 0 unspecified atom stereocenters. The van der Waals surface area contributed by atoms with Gasteiger partial charge in [0.2, 0.25) is 5.91 Å². The van der Waals surface area contributed by atoms with E-state index in [-0.39, 0.29) is 18.4 Å². The van der Waals surface area contributed by atoms with Crippen LogP contribution in [0, 0.1) is 6.92 Å². The Hall–Kier alpha value is -2.70. The van der Waals surface area contributed by atoms with Crippen molar-refractivity contribution in [2.45, 2.75) is 13.0 Å². The second-order valence-electron chi connectivity index (χ2n) is 5.53. The molecule has 0 aliphatic rings. The van der Waals surface area contributed by atoms with Crippen molar-refractivity contribution in [2.75, 3.05) is 31.5 Å². The van der Waals surface area contributed by atoms with Gasteiger partial charge in [0.05, 0.1) is 0 Å². The molecule has 0 saturated carbocycles. The number of anilines is 2. The monoisotopic (exact) mass is 342 g/mol. The van der Waals surface area contributed by atoms with E-state index in [4.69, 9.17) is 9.47 Å². The second-order valence-corrected chi connectivity index (χ2v) is 5.53. The third-order valence-electron chi connectivity index (χ3n) is 3.63. The van der Waals surface area contributed by atoms with Gasteiger partial charge in [-0.05, 0) is 30.2 Å². The summed E-state index contributed by atoms with van der Waals surface area (Å²) in [6.07, 6.45) is -0.715. The van der Waals surface area contributed by atoms with Crippen molar-refractivity contribution < 1.29 is 19.1 Å². The number of aryl methyl sites for hydroxylation is 1. The summed E-state index contributed by atoms with van der Waals surface area (Å²) in [5.41, 5.74) is 2.83. The molecule has 6 heteroatoms. The SMILES string of the molecule is COCC(=O)Nc1ccc(C)c(NC(=O)[C@H](OC)c2ccccc2)c1. The summed E-state index contributed by atoms with van der Waals surface area (Å²) in [4.78, 5) is 24.2. The lowest BCUT2D eigenvalue weighted by molar-refractivity contribution is -0.126. The normalized spacial score (nSPS) is 11.6. The Balaban J connectivity index is 2.15. The van der Waals surface area contributed by atoms with E-state index in [1.807, 2.05) is 43.3 Å². The van der Waals surface area contributed by atoms with Crippen LogP contribution in [0.5, 0.6) is 0 Å². The zero-order chi connectivity index (χ0) is 18.2. The molecule has 2 aromatic carbocycles. The molecular formula is C19H22N2O4. The Bertz CT molecular complexity index is 731. The van der Waals surface area contributed by atoms with Crippen molar-refractivity contribution in [2.24, 2.45) is 0 Å². The van der Waals surface area contributed by atoms with Gasteiger partial charge in [0.1, 0.15) is 6.61 Å². The van der Waals surface area contributed by atoms with Crippen LogP contribution in [0.2, 0.25) is 0 Å². The first-order chi connectivity index (χ1) is 12.0. The van der Waals surface area contributed by atoms with Crippen LogP contribution in [0.15, 0.2) is 48.5 Å². The quantitative estimate of drug-likeness (QED) is 0.811. The number of carbonyl (C=O) groups is 2. The van der Waals surface area contributed by atoms with Gasteiger partial charge in [-0.2, -0.15) is 0 Å². The van der Waals surface area contributed by atoms with E-state index >= 15 is 0 Å². The smallest absolute Gasteiger partial charge is 0.258 e. The summed E-state index contributed by atoms with van der Waals surface area (Å²) in [6, 6.07) is 14.6. The molecule has 0 aliphatic carbocycles. The molecule has 132 valence electrons. The highest BCUT2D eigenvalue weighted by Gasteiger charge is 2.20. The van der Waals surface area contributed by atoms with Crippen molar-refractivity contribution in [3.8, 4) is 0 Å². The number of nitrogens with one attached hydrogen (secondary N) is 2. The summed E-state index contributed by atoms with van der Waals surface area (Å²) >= 11 is 0. The predicted octanol–water partition coefficient (Wildman–Crippen LogP) is 2.91. The second kappa shape index (κ2) is 8.96. The van der Waals surface area contributed by atoms with E-state index in [1.54, 1.807) is 12.1 Å². The highest BCUT2D eigenvalue weighted by molar-refractivity contribution is 5.97. The molecular weight excluding hydrogens is 320 g/mol. The van der Waals surface area contributed by atoms with Crippen molar-refractivity contribution in [3.05, 3.63) is 59.7 Å². The van der Waals surface area contributed by atoms with Gasteiger partial charge in [0.15, 0.2) is 6.10 Å². The van der Waals surface area contributed by atoms with Gasteiger partial charge in [-0.3, -0.25) is 9.59 Å². The molecule has 6 nitrogen and oxygen atoms in total. The number of hydrogen-bond acceptors (Lipinski definition) is 4. The van der Waals surface area contributed by atoms with Crippen LogP contribution in [0.4, 0.5) is 11.4 Å². The van der Waals surface area contributed by atoms with Gasteiger partial charge in [0.25, 0.3) is 5.91 Å². The van der Waals surface area contributed by atoms with E-state index < -0.39 is 6.10 Å². The predicted molar refractivity (Wildman–Crippen MR) is 96.5 cm³/mol. The molecule has 0 radical (unpaired) electrons. The van der Waals surface area contributed by atoms with E-state index in [0.29, 0.717) is 11.4 Å². The molecule has 0 saturated heterocycles. The molecule has 25 heavy (non-hydrogen) atoms. The van der Waals surface area contributed by atoms with Gasteiger partial charge in [0, 0.05) is 25.6 Å². The molecule has 2 N–H and O–H groups in total. The van der Waals surface area contributed by atoms with Crippen LogP contribution in [-0.2, 0) is 19.1 Å². The van der Waals surface area contributed by atoms with Crippen LogP contribution in [0.25, 0.3) is 0 Å². The summed E-state index contributed by atoms with van der Waals surface area (Å²) in [5.74, 6) is -0.542. The number of amides is 2. The summed E-state index contributed by atoms with van der Waals surface area (Å²) in [6.45, 7) is 1.84. The van der Waals surface area contributed by atoms with Crippen molar-refractivity contribution >= 4 is 23.2 Å². The maximum atomic E-state index is 12.6. The first kappa shape index (κ1) is 18.6. The molecule has 0 aliphatic heterocycles. The molecule has 0 fully saturated rings. The number of rotatable bonds is 7. The molecule has 0 bridgehead atoms. The van der Waals surface area contributed by atoms with Gasteiger partial charge < -0.3 is 20.1 Å². The molecule has 2 amide bonds. The van der Waals surface area contributed by atoms with Gasteiger partial charge >= 0.3 is 0 Å². The highest BCUT2D eigenvalue weighted by atomic mass is 16.5. The van der Waals surface area contributed by atoms with Crippen LogP contribution in [0.1, 0.15) is 17.2 Å². The Morgan fingerprint density at radius 2 is 1.76 bits per heavy atom. The number of hydrogen-bond donors (Lipinski definition) is 2. The standard InChI is InChI=1S/C19H22N2O4/c1-13-9-10-15(20-17(22)12-24-2)11-16(13)21-19(23)18(25-3)14-7-5-4-6-8-14/h4-11,18H,12H2,1-3H3,(H,20,22)(H,21,23)/t18-/m1/s1. The Morgan fingerprint density at radius 1 is 1.04 bits per heavy atom. The molecule has 0 heterocycles.